The van der Waals surface area contributed by atoms with E-state index in [0.29, 0.717) is 12.5 Å². The third kappa shape index (κ3) is 4.57. The smallest absolute Gasteiger partial charge is 0.313 e. The summed E-state index contributed by atoms with van der Waals surface area (Å²) in [5.74, 6) is 0.136. The maximum atomic E-state index is 12.1. The average molecular weight is 309 g/mol. The molecule has 0 heterocycles. The number of ether oxygens (including phenoxy) is 1. The predicted molar refractivity (Wildman–Crippen MR) is 82.4 cm³/mol. The van der Waals surface area contributed by atoms with Gasteiger partial charge in [0.2, 0.25) is 0 Å². The van der Waals surface area contributed by atoms with E-state index in [1.54, 1.807) is 6.92 Å². The molecule has 2 rings (SSSR count). The van der Waals surface area contributed by atoms with Crippen LogP contribution in [0.1, 0.15) is 50.5 Å². The van der Waals surface area contributed by atoms with Gasteiger partial charge in [0.05, 0.1) is 6.61 Å². The SMILES string of the molecule is CCOC(=O)CC(=O)[C@H]1CC[C@H](c2ccc(Cl)cc2)CC1. The summed E-state index contributed by atoms with van der Waals surface area (Å²) in [4.78, 5) is 23.4. The van der Waals surface area contributed by atoms with Crippen LogP contribution in [0.25, 0.3) is 0 Å². The topological polar surface area (TPSA) is 43.4 Å². The molecular formula is C17H21ClO3. The molecule has 0 radical (unpaired) electrons. The first-order chi connectivity index (χ1) is 10.1. The van der Waals surface area contributed by atoms with Crippen LogP contribution < -0.4 is 0 Å². The normalized spacial score (nSPS) is 21.8. The van der Waals surface area contributed by atoms with Crippen molar-refractivity contribution in [3.63, 3.8) is 0 Å². The van der Waals surface area contributed by atoms with Gasteiger partial charge in [0.15, 0.2) is 0 Å². The number of carbonyl (C=O) groups is 2. The standard InChI is InChI=1S/C17H21ClO3/c1-2-21-17(20)11-16(19)14-5-3-12(4-6-14)13-7-9-15(18)10-8-13/h7-10,12,14H,2-6,11H2,1H3/t12-,14-. The van der Waals surface area contributed by atoms with Gasteiger partial charge >= 0.3 is 5.97 Å². The number of benzene rings is 1. The molecule has 21 heavy (non-hydrogen) atoms. The second-order valence-electron chi connectivity index (χ2n) is 5.55. The molecule has 1 aromatic rings. The van der Waals surface area contributed by atoms with Gasteiger partial charge in [0.1, 0.15) is 12.2 Å². The summed E-state index contributed by atoms with van der Waals surface area (Å²) < 4.78 is 4.83. The Bertz CT molecular complexity index is 487. The molecule has 1 aliphatic carbocycles. The van der Waals surface area contributed by atoms with Gasteiger partial charge in [-0.3, -0.25) is 9.59 Å². The third-order valence-electron chi connectivity index (χ3n) is 4.15. The average Bonchev–Trinajstić information content (AvgIpc) is 2.48. The molecule has 0 N–H and O–H groups in total. The Kier molecular flexibility index (Phi) is 5.80. The van der Waals surface area contributed by atoms with Crippen molar-refractivity contribution in [2.24, 2.45) is 5.92 Å². The Morgan fingerprint density at radius 1 is 1.14 bits per heavy atom. The Labute approximate surface area is 130 Å². The van der Waals surface area contributed by atoms with Crippen molar-refractivity contribution in [2.45, 2.75) is 44.9 Å². The summed E-state index contributed by atoms with van der Waals surface area (Å²) in [6, 6.07) is 7.95. The Morgan fingerprint density at radius 2 is 1.76 bits per heavy atom. The van der Waals surface area contributed by atoms with Crippen molar-refractivity contribution in [2.75, 3.05) is 6.61 Å². The maximum absolute atomic E-state index is 12.1. The lowest BCUT2D eigenvalue weighted by molar-refractivity contribution is -0.146. The molecule has 1 aromatic carbocycles. The highest BCUT2D eigenvalue weighted by molar-refractivity contribution is 6.30. The van der Waals surface area contributed by atoms with E-state index in [1.807, 2.05) is 12.1 Å². The lowest BCUT2D eigenvalue weighted by atomic mass is 9.77. The number of hydrogen-bond donors (Lipinski definition) is 0. The van der Waals surface area contributed by atoms with Gasteiger partial charge in [-0.15, -0.1) is 0 Å². The lowest BCUT2D eigenvalue weighted by Crippen LogP contribution is -2.24. The molecule has 1 saturated carbocycles. The van der Waals surface area contributed by atoms with E-state index in [9.17, 15) is 9.59 Å². The highest BCUT2D eigenvalue weighted by atomic mass is 35.5. The summed E-state index contributed by atoms with van der Waals surface area (Å²) in [7, 11) is 0. The Balaban J connectivity index is 1.84. The number of halogens is 1. The molecule has 0 aliphatic heterocycles. The third-order valence-corrected chi connectivity index (χ3v) is 4.40. The number of rotatable bonds is 5. The first kappa shape index (κ1) is 16.0. The minimum atomic E-state index is -0.401. The van der Waals surface area contributed by atoms with Crippen LogP contribution in [0.5, 0.6) is 0 Å². The van der Waals surface area contributed by atoms with E-state index in [4.69, 9.17) is 16.3 Å². The monoisotopic (exact) mass is 308 g/mol. The van der Waals surface area contributed by atoms with Gasteiger partial charge < -0.3 is 4.74 Å². The summed E-state index contributed by atoms with van der Waals surface area (Å²) in [5.41, 5.74) is 1.29. The molecule has 0 bridgehead atoms. The largest absolute Gasteiger partial charge is 0.466 e. The molecule has 0 amide bonds. The quantitative estimate of drug-likeness (QED) is 0.606. The molecule has 0 saturated heterocycles. The fraction of sp³-hybridized carbons (Fsp3) is 0.529. The molecule has 0 unspecified atom stereocenters. The Morgan fingerprint density at radius 3 is 2.33 bits per heavy atom. The fourth-order valence-electron chi connectivity index (χ4n) is 2.98. The molecule has 4 heteroatoms. The van der Waals surface area contributed by atoms with E-state index in [1.165, 1.54) is 5.56 Å². The van der Waals surface area contributed by atoms with Gasteiger partial charge in [-0.1, -0.05) is 23.7 Å². The zero-order chi connectivity index (χ0) is 15.2. The lowest BCUT2D eigenvalue weighted by Gasteiger charge is -2.27. The molecule has 3 nitrogen and oxygen atoms in total. The van der Waals surface area contributed by atoms with Crippen molar-refractivity contribution < 1.29 is 14.3 Å². The van der Waals surface area contributed by atoms with Crippen LogP contribution in [0.2, 0.25) is 5.02 Å². The predicted octanol–water partition coefficient (Wildman–Crippen LogP) is 4.14. The number of carbonyl (C=O) groups excluding carboxylic acids is 2. The number of Topliss-reactive ketones (excluding diaryl/α,β-unsaturated/α-hetero) is 1. The number of ketones is 1. The van der Waals surface area contributed by atoms with E-state index in [-0.39, 0.29) is 18.1 Å². The first-order valence-electron chi connectivity index (χ1n) is 7.54. The number of hydrogen-bond acceptors (Lipinski definition) is 3. The zero-order valence-corrected chi connectivity index (χ0v) is 13.1. The van der Waals surface area contributed by atoms with Crippen LogP contribution >= 0.6 is 11.6 Å². The molecule has 1 fully saturated rings. The van der Waals surface area contributed by atoms with Crippen molar-refractivity contribution in [3.05, 3.63) is 34.9 Å². The van der Waals surface area contributed by atoms with E-state index in [2.05, 4.69) is 12.1 Å². The molecule has 0 spiro atoms. The second kappa shape index (κ2) is 7.60. The van der Waals surface area contributed by atoms with Crippen molar-refractivity contribution in [1.82, 2.24) is 0 Å². The van der Waals surface area contributed by atoms with E-state index in [0.717, 1.165) is 30.7 Å². The molecule has 0 aromatic heterocycles. The first-order valence-corrected chi connectivity index (χ1v) is 7.91. The summed E-state index contributed by atoms with van der Waals surface area (Å²) >= 11 is 5.90. The maximum Gasteiger partial charge on any atom is 0.313 e. The van der Waals surface area contributed by atoms with Gasteiger partial charge in [-0.05, 0) is 56.2 Å². The van der Waals surface area contributed by atoms with E-state index >= 15 is 0 Å². The number of esters is 1. The van der Waals surface area contributed by atoms with Gasteiger partial charge in [-0.2, -0.15) is 0 Å². The van der Waals surface area contributed by atoms with Crippen LogP contribution in [0.3, 0.4) is 0 Å². The van der Waals surface area contributed by atoms with Crippen LogP contribution in [0.15, 0.2) is 24.3 Å². The van der Waals surface area contributed by atoms with Crippen LogP contribution in [-0.2, 0) is 14.3 Å². The Hall–Kier alpha value is -1.35. The minimum absolute atomic E-state index is 0.0120. The second-order valence-corrected chi connectivity index (χ2v) is 5.98. The minimum Gasteiger partial charge on any atom is -0.466 e. The van der Waals surface area contributed by atoms with Crippen LogP contribution in [-0.4, -0.2) is 18.4 Å². The summed E-state index contributed by atoms with van der Waals surface area (Å²) in [6.45, 7) is 2.08. The van der Waals surface area contributed by atoms with Crippen LogP contribution in [0, 0.1) is 5.92 Å². The molecule has 1 aliphatic rings. The van der Waals surface area contributed by atoms with Gasteiger partial charge in [0.25, 0.3) is 0 Å². The molecule has 0 atom stereocenters. The van der Waals surface area contributed by atoms with Gasteiger partial charge in [-0.25, -0.2) is 0 Å². The molecule has 114 valence electrons. The van der Waals surface area contributed by atoms with E-state index < -0.39 is 5.97 Å². The molecular weight excluding hydrogens is 288 g/mol. The fourth-order valence-corrected chi connectivity index (χ4v) is 3.11. The highest BCUT2D eigenvalue weighted by Crippen LogP contribution is 2.36. The van der Waals surface area contributed by atoms with Crippen molar-refractivity contribution >= 4 is 23.4 Å². The summed E-state index contributed by atoms with van der Waals surface area (Å²) in [5, 5.41) is 0.747. The van der Waals surface area contributed by atoms with Crippen molar-refractivity contribution in [1.29, 1.82) is 0 Å². The summed E-state index contributed by atoms with van der Waals surface area (Å²) in [6.07, 6.45) is 3.60. The van der Waals surface area contributed by atoms with Gasteiger partial charge in [0, 0.05) is 10.9 Å². The zero-order valence-electron chi connectivity index (χ0n) is 12.3. The highest BCUT2D eigenvalue weighted by Gasteiger charge is 2.28. The van der Waals surface area contributed by atoms with Crippen molar-refractivity contribution in [3.8, 4) is 0 Å². The van der Waals surface area contributed by atoms with Crippen LogP contribution in [0.4, 0.5) is 0 Å².